The highest BCUT2D eigenvalue weighted by atomic mass is 32.2. The van der Waals surface area contributed by atoms with Crippen LogP contribution in [0, 0.1) is 19.8 Å². The van der Waals surface area contributed by atoms with Gasteiger partial charge in [-0.2, -0.15) is 4.31 Å². The first-order chi connectivity index (χ1) is 15.2. The van der Waals surface area contributed by atoms with E-state index < -0.39 is 10.0 Å². The minimum absolute atomic E-state index is 0.0834. The Labute approximate surface area is 192 Å². The Balaban J connectivity index is 1.69. The van der Waals surface area contributed by atoms with Gasteiger partial charge in [0.1, 0.15) is 5.75 Å². The molecular weight excluding hydrogens is 424 g/mol. The summed E-state index contributed by atoms with van der Waals surface area (Å²) in [4.78, 5) is 15.5. The zero-order valence-corrected chi connectivity index (χ0v) is 20.5. The third-order valence-corrected chi connectivity index (χ3v) is 8.48. The van der Waals surface area contributed by atoms with Crippen LogP contribution >= 0.6 is 0 Å². The Bertz CT molecular complexity index is 1060. The molecular formula is C25H34N2O4S. The average Bonchev–Trinajstić information content (AvgIpc) is 2.81. The number of methoxy groups -OCH3 is 1. The number of carbonyl (C=O) groups is 1. The van der Waals surface area contributed by atoms with Gasteiger partial charge in [-0.25, -0.2) is 8.42 Å². The molecule has 1 aliphatic heterocycles. The molecule has 2 aromatic rings. The monoisotopic (exact) mass is 458 g/mol. The molecule has 0 aromatic heterocycles. The summed E-state index contributed by atoms with van der Waals surface area (Å²) in [5.41, 5.74) is 3.05. The summed E-state index contributed by atoms with van der Waals surface area (Å²) in [5, 5.41) is 0. The van der Waals surface area contributed by atoms with Crippen LogP contribution in [0.25, 0.3) is 0 Å². The summed E-state index contributed by atoms with van der Waals surface area (Å²) >= 11 is 0. The Kier molecular flexibility index (Phi) is 7.62. The number of sulfonamides is 1. The van der Waals surface area contributed by atoms with Crippen LogP contribution in [-0.2, 0) is 14.8 Å². The van der Waals surface area contributed by atoms with Crippen LogP contribution in [0.1, 0.15) is 49.4 Å². The fraction of sp³-hybridized carbons (Fsp3) is 0.480. The Morgan fingerprint density at radius 1 is 1.12 bits per heavy atom. The van der Waals surface area contributed by atoms with Crippen molar-refractivity contribution < 1.29 is 17.9 Å². The van der Waals surface area contributed by atoms with Crippen LogP contribution in [-0.4, -0.2) is 50.3 Å². The molecule has 3 rings (SSSR count). The molecule has 0 spiro atoms. The number of carbonyl (C=O) groups excluding carboxylic acids is 1. The van der Waals surface area contributed by atoms with Crippen LogP contribution in [0.3, 0.4) is 0 Å². The maximum absolute atomic E-state index is 13.3. The van der Waals surface area contributed by atoms with Crippen LogP contribution < -0.4 is 4.74 Å². The van der Waals surface area contributed by atoms with Gasteiger partial charge in [0.05, 0.1) is 18.0 Å². The zero-order valence-electron chi connectivity index (χ0n) is 19.7. The molecule has 1 atom stereocenters. The largest absolute Gasteiger partial charge is 0.497 e. The SMILES string of the molecule is CCN(C(=O)C1CCN(S(=O)(=O)c2ccc(C)c(C)c2)CC1)C(C)c1cccc(OC)c1. The fourth-order valence-electron chi connectivity index (χ4n) is 4.30. The van der Waals surface area contributed by atoms with E-state index in [0.29, 0.717) is 37.4 Å². The molecule has 1 fully saturated rings. The first kappa shape index (κ1) is 24.3. The predicted octanol–water partition coefficient (Wildman–Crippen LogP) is 4.32. The Morgan fingerprint density at radius 3 is 2.41 bits per heavy atom. The summed E-state index contributed by atoms with van der Waals surface area (Å²) in [7, 11) is -1.92. The number of ether oxygens (including phenoxy) is 1. The van der Waals surface area contributed by atoms with Crippen molar-refractivity contribution in [2.75, 3.05) is 26.7 Å². The molecule has 1 saturated heterocycles. The highest BCUT2D eigenvalue weighted by Crippen LogP contribution is 2.30. The highest BCUT2D eigenvalue weighted by Gasteiger charge is 2.35. The molecule has 2 aromatic carbocycles. The lowest BCUT2D eigenvalue weighted by Gasteiger charge is -2.36. The van der Waals surface area contributed by atoms with Crippen molar-refractivity contribution in [1.29, 1.82) is 0 Å². The fourth-order valence-corrected chi connectivity index (χ4v) is 5.86. The summed E-state index contributed by atoms with van der Waals surface area (Å²) in [5.74, 6) is 0.683. The third-order valence-electron chi connectivity index (χ3n) is 6.59. The second-order valence-corrected chi connectivity index (χ2v) is 10.4. The minimum Gasteiger partial charge on any atom is -0.497 e. The van der Waals surface area contributed by atoms with Crippen molar-refractivity contribution in [3.8, 4) is 5.75 Å². The quantitative estimate of drug-likeness (QED) is 0.620. The van der Waals surface area contributed by atoms with Crippen LogP contribution in [0.4, 0.5) is 0 Å². The van der Waals surface area contributed by atoms with E-state index in [1.165, 1.54) is 4.31 Å². The number of rotatable bonds is 7. The smallest absolute Gasteiger partial charge is 0.243 e. The summed E-state index contributed by atoms with van der Waals surface area (Å²) < 4.78 is 33.0. The van der Waals surface area contributed by atoms with E-state index in [-0.39, 0.29) is 17.9 Å². The van der Waals surface area contributed by atoms with Crippen LogP contribution in [0.15, 0.2) is 47.4 Å². The molecule has 1 heterocycles. The summed E-state index contributed by atoms with van der Waals surface area (Å²) in [6.07, 6.45) is 1.06. The van der Waals surface area contributed by atoms with Gasteiger partial charge in [0, 0.05) is 25.6 Å². The third kappa shape index (κ3) is 4.99. The predicted molar refractivity (Wildman–Crippen MR) is 126 cm³/mol. The van der Waals surface area contributed by atoms with Crippen molar-refractivity contribution in [1.82, 2.24) is 9.21 Å². The number of amides is 1. The van der Waals surface area contributed by atoms with Crippen molar-refractivity contribution in [2.24, 2.45) is 5.92 Å². The lowest BCUT2D eigenvalue weighted by molar-refractivity contribution is -0.138. The molecule has 6 nitrogen and oxygen atoms in total. The van der Waals surface area contributed by atoms with E-state index in [1.807, 2.05) is 62.9 Å². The van der Waals surface area contributed by atoms with Gasteiger partial charge in [-0.15, -0.1) is 0 Å². The van der Waals surface area contributed by atoms with Crippen molar-refractivity contribution in [3.05, 3.63) is 59.2 Å². The van der Waals surface area contributed by atoms with Crippen LogP contribution in [0.2, 0.25) is 0 Å². The molecule has 0 saturated carbocycles. The Hall–Kier alpha value is -2.38. The number of aryl methyl sites for hydroxylation is 2. The van der Waals surface area contributed by atoms with Gasteiger partial charge >= 0.3 is 0 Å². The van der Waals surface area contributed by atoms with E-state index in [2.05, 4.69) is 0 Å². The normalized spacial score (nSPS) is 16.5. The van der Waals surface area contributed by atoms with E-state index in [9.17, 15) is 13.2 Å². The standard InChI is InChI=1S/C25H34N2O4S/c1-6-27(20(4)22-8-7-9-23(17-22)31-5)25(28)21-12-14-26(15-13-21)32(29,30)24-11-10-18(2)19(3)16-24/h7-11,16-17,20-21H,6,12-15H2,1-5H3. The maximum Gasteiger partial charge on any atom is 0.243 e. The number of benzene rings is 2. The molecule has 174 valence electrons. The van der Waals surface area contributed by atoms with E-state index in [0.717, 1.165) is 22.4 Å². The lowest BCUT2D eigenvalue weighted by Crippen LogP contribution is -2.45. The molecule has 1 amide bonds. The minimum atomic E-state index is -3.55. The number of hydrogen-bond acceptors (Lipinski definition) is 4. The van der Waals surface area contributed by atoms with Gasteiger partial charge in [-0.3, -0.25) is 4.79 Å². The molecule has 0 bridgehead atoms. The number of piperidine rings is 1. The average molecular weight is 459 g/mol. The van der Waals surface area contributed by atoms with Crippen LogP contribution in [0.5, 0.6) is 5.75 Å². The summed E-state index contributed by atoms with van der Waals surface area (Å²) in [6, 6.07) is 12.9. The molecule has 7 heteroatoms. The maximum atomic E-state index is 13.3. The summed E-state index contributed by atoms with van der Waals surface area (Å²) in [6.45, 7) is 9.20. The molecule has 0 N–H and O–H groups in total. The number of hydrogen-bond donors (Lipinski definition) is 0. The second-order valence-electron chi connectivity index (χ2n) is 8.50. The van der Waals surface area contributed by atoms with E-state index in [4.69, 9.17) is 4.74 Å². The number of nitrogens with zero attached hydrogens (tertiary/aromatic N) is 2. The van der Waals surface area contributed by atoms with Gasteiger partial charge in [-0.05, 0) is 81.5 Å². The van der Waals surface area contributed by atoms with Gasteiger partial charge in [-0.1, -0.05) is 18.2 Å². The van der Waals surface area contributed by atoms with Gasteiger partial charge in [0.15, 0.2) is 0 Å². The van der Waals surface area contributed by atoms with E-state index in [1.54, 1.807) is 19.2 Å². The second kappa shape index (κ2) is 10.0. The first-order valence-electron chi connectivity index (χ1n) is 11.2. The molecule has 1 unspecified atom stereocenters. The van der Waals surface area contributed by atoms with E-state index >= 15 is 0 Å². The molecule has 0 radical (unpaired) electrons. The molecule has 32 heavy (non-hydrogen) atoms. The van der Waals surface area contributed by atoms with Gasteiger partial charge in [0.2, 0.25) is 15.9 Å². The zero-order chi connectivity index (χ0) is 23.5. The topological polar surface area (TPSA) is 66.9 Å². The van der Waals surface area contributed by atoms with Crippen molar-refractivity contribution >= 4 is 15.9 Å². The molecule has 1 aliphatic rings. The van der Waals surface area contributed by atoms with Crippen molar-refractivity contribution in [3.63, 3.8) is 0 Å². The first-order valence-corrected chi connectivity index (χ1v) is 12.6. The van der Waals surface area contributed by atoms with Gasteiger partial charge in [0.25, 0.3) is 0 Å². The van der Waals surface area contributed by atoms with Crippen molar-refractivity contribution in [2.45, 2.75) is 51.5 Å². The van der Waals surface area contributed by atoms with Gasteiger partial charge < -0.3 is 9.64 Å². The highest BCUT2D eigenvalue weighted by molar-refractivity contribution is 7.89. The lowest BCUT2D eigenvalue weighted by atomic mass is 9.95. The Morgan fingerprint density at radius 2 is 1.81 bits per heavy atom. The molecule has 0 aliphatic carbocycles.